The molecule has 0 bridgehead atoms. The van der Waals surface area contributed by atoms with Crippen molar-refractivity contribution < 1.29 is 80.1 Å². The van der Waals surface area contributed by atoms with Gasteiger partial charge in [-0.1, -0.05) is 296 Å². The molecule has 18 aromatic rings. The summed E-state index contributed by atoms with van der Waals surface area (Å²) in [4.78, 5) is 0. The topological polar surface area (TPSA) is 26.3 Å². The van der Waals surface area contributed by atoms with Crippen LogP contribution in [0.25, 0.3) is 175 Å². The van der Waals surface area contributed by atoms with Crippen LogP contribution >= 0.6 is 0 Å². The maximum atomic E-state index is 9.53. The Balaban J connectivity index is 0.000000191. The van der Waals surface area contributed by atoms with Crippen molar-refractivity contribution in [2.75, 3.05) is 0 Å². The highest BCUT2D eigenvalue weighted by atomic mass is 16.3. The molecule has 2 heteroatoms. The molecule has 0 unspecified atom stereocenters. The first-order valence-electron chi connectivity index (χ1n) is 51.3. The average Bonchev–Trinajstić information content (AvgIpc) is 1.63. The van der Waals surface area contributed by atoms with Gasteiger partial charge in [0.2, 0.25) is 0 Å². The summed E-state index contributed by atoms with van der Waals surface area (Å²) in [5.41, 5.74) is -11.1. The first-order chi connectivity index (χ1) is 64.3. The number of para-hydroxylation sites is 4. The third-order valence-corrected chi connectivity index (χ3v) is 13.9. The molecule has 0 aliphatic heterocycles. The summed E-state index contributed by atoms with van der Waals surface area (Å²) in [6.45, 7) is 0. The lowest BCUT2D eigenvalue weighted by Gasteiger charge is -2.18. The Morgan fingerprint density at radius 1 is 0.186 bits per heavy atom. The van der Waals surface area contributed by atoms with E-state index in [4.69, 9.17) is 54.1 Å². The summed E-state index contributed by atoms with van der Waals surface area (Å²) >= 11 is 0. The molecule has 400 valence electrons. The quantitative estimate of drug-likeness (QED) is 0.155. The number of benzene rings is 16. The predicted octanol–water partition coefficient (Wildman–Crippen LogP) is 24.1. The zero-order chi connectivity index (χ0) is 102. The van der Waals surface area contributed by atoms with E-state index in [1.165, 1.54) is 0 Å². The van der Waals surface area contributed by atoms with E-state index < -0.39 is 484 Å². The summed E-state index contributed by atoms with van der Waals surface area (Å²) < 4.78 is 475. The zero-order valence-corrected chi connectivity index (χ0v) is 42.8. The molecule has 0 amide bonds. The molecule has 2 heterocycles. The molecule has 0 saturated heterocycles. The Morgan fingerprint density at radius 2 is 0.500 bits per heavy atom. The largest absolute Gasteiger partial charge is 0.455 e. The van der Waals surface area contributed by atoms with Crippen molar-refractivity contribution >= 4 is 109 Å². The van der Waals surface area contributed by atoms with Crippen LogP contribution in [0.3, 0.4) is 0 Å². The van der Waals surface area contributed by atoms with E-state index in [9.17, 15) is 26.0 Å². The lowest BCUT2D eigenvalue weighted by Crippen LogP contribution is -1.91. The van der Waals surface area contributed by atoms with Gasteiger partial charge in [-0.05, 0) is 133 Å². The van der Waals surface area contributed by atoms with E-state index in [1.54, 1.807) is 0 Å². The van der Waals surface area contributed by atoms with Crippen LogP contribution in [0.5, 0.6) is 0 Å². The van der Waals surface area contributed by atoms with Crippen LogP contribution < -0.4 is 0 Å². The molecular weight excluding hydrogens is 1040 g/mol. The van der Waals surface area contributed by atoms with Gasteiger partial charge in [0.25, 0.3) is 0 Å². The van der Waals surface area contributed by atoms with Crippen molar-refractivity contribution in [2.24, 2.45) is 0 Å². The molecule has 0 radical (unpaired) electrons. The van der Waals surface area contributed by atoms with E-state index in [-0.39, 0.29) is 5.39 Å². The van der Waals surface area contributed by atoms with Gasteiger partial charge in [0.05, 0.1) is 71.3 Å². The average molecular weight is 1150 g/mol. The first kappa shape index (κ1) is 19.9. The molecule has 0 spiro atoms. The molecule has 0 aliphatic rings. The van der Waals surface area contributed by atoms with Gasteiger partial charge in [0.15, 0.2) is 0 Å². The van der Waals surface area contributed by atoms with Crippen LogP contribution in [-0.2, 0) is 0 Å². The van der Waals surface area contributed by atoms with Gasteiger partial charge in [0, 0.05) is 38.2 Å². The summed E-state index contributed by atoms with van der Waals surface area (Å²) in [5, 5.41) is -9.70. The molecule has 18 rings (SSSR count). The molecule has 16 aromatic carbocycles. The molecule has 2 nitrogen and oxygen atoms in total. The zero-order valence-electron chi connectivity index (χ0n) is 94.8. The van der Waals surface area contributed by atoms with E-state index in [1.807, 2.05) is 0 Å². The highest BCUT2D eigenvalue weighted by molar-refractivity contribution is 6.25. The fraction of sp³-hybridized carbons (Fsp3) is 0. The fourth-order valence-corrected chi connectivity index (χ4v) is 10.3. The molecule has 0 aliphatic carbocycles. The highest BCUT2D eigenvalue weighted by Crippen LogP contribution is 2.48. The fourth-order valence-electron chi connectivity index (χ4n) is 10.3. The minimum atomic E-state index is -1.08. The van der Waals surface area contributed by atoms with Gasteiger partial charge >= 0.3 is 0 Å². The first-order valence-corrected chi connectivity index (χ1v) is 25.3. The lowest BCUT2D eigenvalue weighted by atomic mass is 9.85. The van der Waals surface area contributed by atoms with Crippen LogP contribution in [0.4, 0.5) is 0 Å². The van der Waals surface area contributed by atoms with Gasteiger partial charge < -0.3 is 8.83 Å². The predicted molar refractivity (Wildman–Crippen MR) is 365 cm³/mol. The Hall–Kier alpha value is -11.3. The summed E-state index contributed by atoms with van der Waals surface area (Å²) in [6.07, 6.45) is 0. The van der Waals surface area contributed by atoms with Gasteiger partial charge in [-0.15, -0.1) is 0 Å². The lowest BCUT2D eigenvalue weighted by molar-refractivity contribution is 0.669. The highest BCUT2D eigenvalue weighted by Gasteiger charge is 2.22. The smallest absolute Gasteiger partial charge is 0.143 e. The van der Waals surface area contributed by atoms with E-state index in [2.05, 4.69) is 0 Å². The van der Waals surface area contributed by atoms with Gasteiger partial charge in [0.1, 0.15) is 22.3 Å². The minimum Gasteiger partial charge on any atom is -0.455 e. The molecule has 0 N–H and O–H groups in total. The third kappa shape index (κ3) is 8.03. The molecule has 0 atom stereocenters. The second kappa shape index (κ2) is 20.2. The SMILES string of the molecule is [2H]c1c([2H])c(-c2c3c([2H])c([2H])c([2H])c([2H])c3c(-c3c([2H])c([2H])c([2H])c4c3oc3c([2H])c([2H])c([2H])c([2H])c34)c3c([2H])c([2H])c([2H])c([2H])c23)c([2H])c([2H])c1-c1c([2H])c([2H])c([2H])c2c([2H])c([2H])c([2H])c([2H])c12.[2H]c1c([2H])c(-c2c3c([2H])c([2H])c([2H])c([2H])c3c(-c3c([2H])c([2H])c4c([2H])c([2H])c([2H])c([2H])c4c3[2H])c3c([2H])c([2H])c([2H])c([2H])c23)c([2H])c([2H])c1-c1c([2H])c([2H])c([2H])c2c1oc1c([2H])c([2H])c([2H])c([2H])c12. The minimum absolute atomic E-state index is 0.375. The van der Waals surface area contributed by atoms with Crippen LogP contribution in [0, 0.1) is 0 Å². The van der Waals surface area contributed by atoms with Crippen LogP contribution in [0.1, 0.15) is 71.3 Å². The van der Waals surface area contributed by atoms with Crippen molar-refractivity contribution in [3.05, 3.63) is 314 Å². The third-order valence-electron chi connectivity index (χ3n) is 13.9. The van der Waals surface area contributed by atoms with Crippen LogP contribution in [-0.4, -0.2) is 0 Å². The molecule has 86 heavy (non-hydrogen) atoms. The number of furan rings is 2. The second-order valence-corrected chi connectivity index (χ2v) is 18.5. The Morgan fingerprint density at radius 3 is 1.01 bits per heavy atom. The van der Waals surface area contributed by atoms with Crippen molar-refractivity contribution in [1.82, 2.24) is 0 Å². The number of rotatable bonds is 6. The molecule has 0 saturated carbocycles. The molecular formula is C84H52O2. The number of hydrogen-bond acceptors (Lipinski definition) is 2. The molecule has 0 fully saturated rings. The van der Waals surface area contributed by atoms with E-state index in [0.29, 0.717) is 0 Å². The maximum Gasteiger partial charge on any atom is 0.143 e. The number of fused-ring (bicyclic) bond motifs is 12. The van der Waals surface area contributed by atoms with Crippen LogP contribution in [0.15, 0.2) is 323 Å². The van der Waals surface area contributed by atoms with Crippen LogP contribution in [0.2, 0.25) is 0 Å². The monoisotopic (exact) mass is 1140 g/mol. The Kier molecular flexibility index (Phi) is 4.69. The maximum absolute atomic E-state index is 9.53. The van der Waals surface area contributed by atoms with Crippen molar-refractivity contribution in [3.63, 3.8) is 0 Å². The standard InChI is InChI=1S/2C42H26O/c1-2-13-30-27(11-1)12-9-19-31(30)28-23-25-29(26-24-28)40-33-15-3-5-17-35(33)41(36-18-6-4-16-34(36)40)38-21-10-20-37-32-14-7-8-22-39(32)43-42(37)38;1-2-11-30-26-31(25-20-27(30)10-1)41-36-15-5-3-13-34(36)40(35-14-4-6-16-37(35)41)29-23-21-28(22-24-29)32-17-9-18-38-33-12-7-8-19-39(33)43-42(32)38/h2*1-26H/i2*1D,2D,3D,4D,5D,6D,7D,8D,9D,10D,11D,12D,13D,14D,15D,16D,17D,18D,19D,20D,21D,22D,23D,24D,25D,26D. The summed E-state index contributed by atoms with van der Waals surface area (Å²) in [7, 11) is 0. The second-order valence-electron chi connectivity index (χ2n) is 18.5. The van der Waals surface area contributed by atoms with E-state index in [0.717, 1.165) is 0 Å². The summed E-state index contributed by atoms with van der Waals surface area (Å²) in [5.74, 6) is 0. The normalized spacial score (nSPS) is 20.2. The van der Waals surface area contributed by atoms with Crippen molar-refractivity contribution in [3.8, 4) is 66.8 Å². The Bertz CT molecular complexity index is 8730. The Labute approximate surface area is 569 Å². The van der Waals surface area contributed by atoms with Crippen molar-refractivity contribution in [1.29, 1.82) is 0 Å². The molecule has 2 aromatic heterocycles. The van der Waals surface area contributed by atoms with E-state index >= 15 is 0 Å². The van der Waals surface area contributed by atoms with Gasteiger partial charge in [-0.25, -0.2) is 0 Å². The van der Waals surface area contributed by atoms with Crippen molar-refractivity contribution in [2.45, 2.75) is 0 Å². The summed E-state index contributed by atoms with van der Waals surface area (Å²) in [6, 6.07) is -46.9. The van der Waals surface area contributed by atoms with Gasteiger partial charge in [-0.3, -0.25) is 0 Å². The number of hydrogen-bond donors (Lipinski definition) is 0. The van der Waals surface area contributed by atoms with Gasteiger partial charge in [-0.2, -0.15) is 0 Å².